The Morgan fingerprint density at radius 2 is 2.05 bits per heavy atom. The average molecular weight is 277 g/mol. The molecule has 0 saturated carbocycles. The van der Waals surface area contributed by atoms with Crippen molar-refractivity contribution in [3.8, 4) is 5.75 Å². The minimum atomic E-state index is -0.704. The van der Waals surface area contributed by atoms with Gasteiger partial charge in [0.2, 0.25) is 0 Å². The molecule has 20 heavy (non-hydrogen) atoms. The molecule has 0 radical (unpaired) electrons. The van der Waals surface area contributed by atoms with Gasteiger partial charge in [-0.1, -0.05) is 26.0 Å². The van der Waals surface area contributed by atoms with E-state index in [4.69, 9.17) is 4.74 Å². The first-order valence-corrected chi connectivity index (χ1v) is 7.33. The minimum Gasteiger partial charge on any atom is -0.491 e. The monoisotopic (exact) mass is 277 g/mol. The van der Waals surface area contributed by atoms with Crippen molar-refractivity contribution in [1.29, 1.82) is 0 Å². The molecular weight excluding hydrogens is 254 g/mol. The number of hydrogen-bond donors (Lipinski definition) is 1. The molecule has 2 rings (SSSR count). The fraction of sp³-hybridized carbons (Fsp3) is 0.562. The molecule has 1 heterocycles. The highest BCUT2D eigenvalue weighted by Gasteiger charge is 2.37. The van der Waals surface area contributed by atoms with Crippen LogP contribution in [-0.2, 0) is 4.79 Å². The van der Waals surface area contributed by atoms with Gasteiger partial charge in [0.25, 0.3) is 0 Å². The number of carboxylic acid groups (broad SMARTS) is 1. The van der Waals surface area contributed by atoms with Crippen molar-refractivity contribution in [2.75, 3.05) is 24.6 Å². The maximum Gasteiger partial charge on any atom is 0.311 e. The van der Waals surface area contributed by atoms with Crippen LogP contribution in [0.1, 0.15) is 33.1 Å². The molecule has 0 bridgehead atoms. The predicted octanol–water partition coefficient (Wildman–Crippen LogP) is 3.17. The van der Waals surface area contributed by atoms with Crippen LogP contribution in [0.25, 0.3) is 0 Å². The van der Waals surface area contributed by atoms with Gasteiger partial charge in [-0.2, -0.15) is 0 Å². The largest absolute Gasteiger partial charge is 0.491 e. The number of benzene rings is 1. The number of hydrogen-bond acceptors (Lipinski definition) is 3. The van der Waals surface area contributed by atoms with Crippen LogP contribution >= 0.6 is 0 Å². The summed E-state index contributed by atoms with van der Waals surface area (Å²) in [6.07, 6.45) is 2.19. The highest BCUT2D eigenvalue weighted by Crippen LogP contribution is 2.35. The highest BCUT2D eigenvalue weighted by atomic mass is 16.5. The number of anilines is 1. The lowest BCUT2D eigenvalue weighted by atomic mass is 9.81. The molecule has 1 aromatic carbocycles. The van der Waals surface area contributed by atoms with Crippen molar-refractivity contribution >= 4 is 11.7 Å². The Kier molecular flexibility index (Phi) is 4.53. The average Bonchev–Trinajstić information content (AvgIpc) is 2.67. The molecule has 1 N–H and O–H groups in total. The highest BCUT2D eigenvalue weighted by molar-refractivity contribution is 5.76. The standard InChI is InChI=1S/C16H23NO3/c1-3-16(4-2,15(18)19)12-17-10-7-11-20-14-9-6-5-8-13(14)17/h5-6,8-9H,3-4,7,10-12H2,1-2H3,(H,18,19). The van der Waals surface area contributed by atoms with Gasteiger partial charge in [-0.15, -0.1) is 0 Å². The zero-order chi connectivity index (χ0) is 14.6. The molecule has 0 atom stereocenters. The Morgan fingerprint density at radius 1 is 1.35 bits per heavy atom. The Morgan fingerprint density at radius 3 is 2.70 bits per heavy atom. The van der Waals surface area contributed by atoms with Gasteiger partial charge in [0, 0.05) is 13.1 Å². The van der Waals surface area contributed by atoms with Crippen molar-refractivity contribution < 1.29 is 14.6 Å². The molecule has 0 amide bonds. The van der Waals surface area contributed by atoms with E-state index in [1.54, 1.807) is 0 Å². The van der Waals surface area contributed by atoms with E-state index in [9.17, 15) is 9.90 Å². The minimum absolute atomic E-state index is 0.537. The second kappa shape index (κ2) is 6.16. The summed E-state index contributed by atoms with van der Waals surface area (Å²) < 4.78 is 5.73. The molecule has 110 valence electrons. The first-order valence-electron chi connectivity index (χ1n) is 7.33. The molecule has 1 aliphatic rings. The van der Waals surface area contributed by atoms with E-state index in [1.165, 1.54) is 0 Å². The molecule has 4 heteroatoms. The van der Waals surface area contributed by atoms with Gasteiger partial charge in [-0.3, -0.25) is 4.79 Å². The van der Waals surface area contributed by atoms with E-state index < -0.39 is 11.4 Å². The number of nitrogens with zero attached hydrogens (tertiary/aromatic N) is 1. The van der Waals surface area contributed by atoms with Crippen LogP contribution in [0.3, 0.4) is 0 Å². The van der Waals surface area contributed by atoms with Crippen molar-refractivity contribution in [2.24, 2.45) is 5.41 Å². The Hall–Kier alpha value is -1.71. The zero-order valence-corrected chi connectivity index (χ0v) is 12.3. The number of carboxylic acids is 1. The number of aliphatic carboxylic acids is 1. The van der Waals surface area contributed by atoms with E-state index in [2.05, 4.69) is 4.90 Å². The van der Waals surface area contributed by atoms with Crippen LogP contribution in [0.2, 0.25) is 0 Å². The topological polar surface area (TPSA) is 49.8 Å². The van der Waals surface area contributed by atoms with E-state index in [1.807, 2.05) is 38.1 Å². The van der Waals surface area contributed by atoms with E-state index in [-0.39, 0.29) is 0 Å². The fourth-order valence-electron chi connectivity index (χ4n) is 2.77. The third kappa shape index (κ3) is 2.74. The lowest BCUT2D eigenvalue weighted by Crippen LogP contribution is -2.43. The van der Waals surface area contributed by atoms with Crippen LogP contribution in [0.4, 0.5) is 5.69 Å². The molecule has 0 unspecified atom stereocenters. The van der Waals surface area contributed by atoms with Gasteiger partial charge in [0.15, 0.2) is 0 Å². The van der Waals surface area contributed by atoms with Crippen LogP contribution in [-0.4, -0.2) is 30.8 Å². The lowest BCUT2D eigenvalue weighted by Gasteiger charge is -2.34. The van der Waals surface area contributed by atoms with Gasteiger partial charge in [0.1, 0.15) is 5.75 Å². The molecule has 0 saturated heterocycles. The van der Waals surface area contributed by atoms with Gasteiger partial charge >= 0.3 is 5.97 Å². The first-order chi connectivity index (χ1) is 9.63. The second-order valence-electron chi connectivity index (χ2n) is 5.38. The number of carbonyl (C=O) groups is 1. The molecule has 0 aromatic heterocycles. The number of para-hydroxylation sites is 2. The summed E-state index contributed by atoms with van der Waals surface area (Å²) in [4.78, 5) is 13.9. The zero-order valence-electron chi connectivity index (χ0n) is 12.3. The van der Waals surface area contributed by atoms with Crippen molar-refractivity contribution in [3.05, 3.63) is 24.3 Å². The summed E-state index contributed by atoms with van der Waals surface area (Å²) in [6, 6.07) is 7.89. The van der Waals surface area contributed by atoms with E-state index in [0.29, 0.717) is 26.0 Å². The van der Waals surface area contributed by atoms with E-state index >= 15 is 0 Å². The van der Waals surface area contributed by atoms with Crippen molar-refractivity contribution in [1.82, 2.24) is 0 Å². The van der Waals surface area contributed by atoms with Crippen molar-refractivity contribution in [2.45, 2.75) is 33.1 Å². The van der Waals surface area contributed by atoms with E-state index in [0.717, 1.165) is 24.4 Å². The fourth-order valence-corrected chi connectivity index (χ4v) is 2.77. The molecule has 1 aromatic rings. The summed E-state index contributed by atoms with van der Waals surface area (Å²) in [5.74, 6) is 0.154. The summed E-state index contributed by atoms with van der Waals surface area (Å²) in [5, 5.41) is 9.61. The number of fused-ring (bicyclic) bond motifs is 1. The summed E-state index contributed by atoms with van der Waals surface area (Å²) in [5.41, 5.74) is 0.329. The third-order valence-electron chi connectivity index (χ3n) is 4.34. The Labute approximate surface area is 120 Å². The van der Waals surface area contributed by atoms with Crippen LogP contribution < -0.4 is 9.64 Å². The number of ether oxygens (including phenoxy) is 1. The SMILES string of the molecule is CCC(CC)(CN1CCCOc2ccccc21)C(=O)O. The summed E-state index contributed by atoms with van der Waals surface area (Å²) in [6.45, 7) is 5.98. The van der Waals surface area contributed by atoms with Gasteiger partial charge in [-0.25, -0.2) is 0 Å². The van der Waals surface area contributed by atoms with Crippen LogP contribution in [0.5, 0.6) is 5.75 Å². The van der Waals surface area contributed by atoms with Gasteiger partial charge < -0.3 is 14.7 Å². The number of rotatable bonds is 5. The van der Waals surface area contributed by atoms with Gasteiger partial charge in [0.05, 0.1) is 17.7 Å². The maximum atomic E-state index is 11.7. The first kappa shape index (κ1) is 14.7. The van der Waals surface area contributed by atoms with Crippen LogP contribution in [0.15, 0.2) is 24.3 Å². The molecule has 1 aliphatic heterocycles. The lowest BCUT2D eigenvalue weighted by molar-refractivity contribution is -0.148. The summed E-state index contributed by atoms with van der Waals surface area (Å²) in [7, 11) is 0. The summed E-state index contributed by atoms with van der Waals surface area (Å²) >= 11 is 0. The van der Waals surface area contributed by atoms with Crippen LogP contribution in [0, 0.1) is 5.41 Å². The predicted molar refractivity (Wildman–Crippen MR) is 79.4 cm³/mol. The molecular formula is C16H23NO3. The molecule has 0 spiro atoms. The Bertz CT molecular complexity index is 469. The van der Waals surface area contributed by atoms with Crippen molar-refractivity contribution in [3.63, 3.8) is 0 Å². The smallest absolute Gasteiger partial charge is 0.311 e. The normalized spacial score (nSPS) is 15.2. The molecule has 4 nitrogen and oxygen atoms in total. The molecule has 0 aliphatic carbocycles. The maximum absolute atomic E-state index is 11.7. The quantitative estimate of drug-likeness (QED) is 0.898. The second-order valence-corrected chi connectivity index (χ2v) is 5.38. The molecule has 0 fully saturated rings. The third-order valence-corrected chi connectivity index (χ3v) is 4.34. The van der Waals surface area contributed by atoms with Gasteiger partial charge in [-0.05, 0) is 31.4 Å². The Balaban J connectivity index is 2.30.